The van der Waals surface area contributed by atoms with Gasteiger partial charge in [0.2, 0.25) is 0 Å². The lowest BCUT2D eigenvalue weighted by Gasteiger charge is -2.45. The van der Waals surface area contributed by atoms with Crippen LogP contribution in [0.25, 0.3) is 0 Å². The third-order valence-electron chi connectivity index (χ3n) is 3.94. The first-order chi connectivity index (χ1) is 9.17. The van der Waals surface area contributed by atoms with Crippen molar-refractivity contribution in [1.29, 1.82) is 0 Å². The number of aromatic nitrogens is 1. The highest BCUT2D eigenvalue weighted by Crippen LogP contribution is 2.46. The molecule has 1 aromatic rings. The number of nitrogens with one attached hydrogen (secondary N) is 1. The number of nitrogens with zero attached hydrogens (tertiary/aromatic N) is 1. The topological polar surface area (TPSA) is 50.9 Å². The van der Waals surface area contributed by atoms with E-state index in [4.69, 9.17) is 18.0 Å². The average Bonchev–Trinajstić information content (AvgIpc) is 2.24. The van der Waals surface area contributed by atoms with E-state index in [1.165, 1.54) is 19.3 Å². The van der Waals surface area contributed by atoms with E-state index in [0.29, 0.717) is 27.6 Å². The average molecular weight is 291 g/mol. The Labute approximate surface area is 127 Å². The lowest BCUT2D eigenvalue weighted by molar-refractivity contribution is 0.105. The Kier molecular flexibility index (Phi) is 4.05. The van der Waals surface area contributed by atoms with Gasteiger partial charge in [0.05, 0.1) is 5.69 Å². The number of nitrogens with two attached hydrogens (primary N) is 1. The number of pyridine rings is 1. The van der Waals surface area contributed by atoms with Gasteiger partial charge >= 0.3 is 0 Å². The molecule has 110 valence electrons. The van der Waals surface area contributed by atoms with Crippen molar-refractivity contribution in [3.05, 3.63) is 24.0 Å². The molecule has 3 nitrogen and oxygen atoms in total. The molecule has 2 rings (SSSR count). The third-order valence-corrected chi connectivity index (χ3v) is 4.15. The van der Waals surface area contributed by atoms with Gasteiger partial charge in [0.15, 0.2) is 0 Å². The lowest BCUT2D eigenvalue weighted by Crippen LogP contribution is -2.40. The van der Waals surface area contributed by atoms with Crippen LogP contribution in [0.4, 0.5) is 5.69 Å². The molecule has 1 heterocycles. The third kappa shape index (κ3) is 3.92. The predicted octanol–water partition coefficient (Wildman–Crippen LogP) is 3.73. The van der Waals surface area contributed by atoms with E-state index in [2.05, 4.69) is 38.0 Å². The zero-order valence-corrected chi connectivity index (χ0v) is 13.7. The molecule has 1 aromatic heterocycles. The van der Waals surface area contributed by atoms with Gasteiger partial charge in [-0.25, -0.2) is 0 Å². The van der Waals surface area contributed by atoms with Crippen molar-refractivity contribution >= 4 is 22.9 Å². The molecule has 0 bridgehead atoms. The maximum Gasteiger partial charge on any atom is 0.122 e. The fourth-order valence-electron chi connectivity index (χ4n) is 3.84. The Balaban J connectivity index is 2.13. The van der Waals surface area contributed by atoms with Gasteiger partial charge in [0.1, 0.15) is 4.99 Å². The highest BCUT2D eigenvalue weighted by molar-refractivity contribution is 7.80. The van der Waals surface area contributed by atoms with Crippen LogP contribution in [0.1, 0.15) is 52.7 Å². The first-order valence-corrected chi connectivity index (χ1v) is 7.60. The van der Waals surface area contributed by atoms with E-state index in [1.807, 2.05) is 12.1 Å². The standard InChI is InChI=1S/C16H25N3S/c1-15(2)8-12(9-16(3,4)10-15)19-11-5-6-18-13(7-11)14(17)20/h5-7,12H,8-10H2,1-4H3,(H2,17,20)(H,18,19). The van der Waals surface area contributed by atoms with Crippen molar-refractivity contribution in [3.8, 4) is 0 Å². The molecular formula is C16H25N3S. The molecule has 0 atom stereocenters. The van der Waals surface area contributed by atoms with Crippen LogP contribution < -0.4 is 11.1 Å². The Morgan fingerprint density at radius 1 is 1.30 bits per heavy atom. The van der Waals surface area contributed by atoms with E-state index in [0.717, 1.165) is 5.69 Å². The van der Waals surface area contributed by atoms with Gasteiger partial charge in [-0.1, -0.05) is 39.9 Å². The summed E-state index contributed by atoms with van der Waals surface area (Å²) >= 11 is 4.99. The first kappa shape index (κ1) is 15.2. The second-order valence-electron chi connectivity index (χ2n) is 7.55. The van der Waals surface area contributed by atoms with Crippen molar-refractivity contribution in [1.82, 2.24) is 4.98 Å². The van der Waals surface area contributed by atoms with Crippen LogP contribution in [0.5, 0.6) is 0 Å². The Morgan fingerprint density at radius 3 is 2.45 bits per heavy atom. The molecule has 1 aliphatic carbocycles. The van der Waals surface area contributed by atoms with Gasteiger partial charge in [0, 0.05) is 17.9 Å². The Bertz CT molecular complexity index is 492. The summed E-state index contributed by atoms with van der Waals surface area (Å²) in [7, 11) is 0. The molecule has 0 aromatic carbocycles. The molecule has 20 heavy (non-hydrogen) atoms. The molecule has 1 fully saturated rings. The van der Waals surface area contributed by atoms with Gasteiger partial charge in [-0.15, -0.1) is 0 Å². The van der Waals surface area contributed by atoms with Crippen molar-refractivity contribution in [3.63, 3.8) is 0 Å². The monoisotopic (exact) mass is 291 g/mol. The lowest BCUT2D eigenvalue weighted by atomic mass is 9.63. The van der Waals surface area contributed by atoms with E-state index in [1.54, 1.807) is 6.20 Å². The van der Waals surface area contributed by atoms with Crippen LogP contribution in [0.2, 0.25) is 0 Å². The molecule has 1 aliphatic rings. The van der Waals surface area contributed by atoms with Crippen molar-refractivity contribution in [2.24, 2.45) is 16.6 Å². The molecule has 1 saturated carbocycles. The van der Waals surface area contributed by atoms with Crippen LogP contribution >= 0.6 is 12.2 Å². The molecule has 0 radical (unpaired) electrons. The van der Waals surface area contributed by atoms with Crippen LogP contribution in [-0.2, 0) is 0 Å². The summed E-state index contributed by atoms with van der Waals surface area (Å²) in [6, 6.07) is 4.41. The molecule has 0 saturated heterocycles. The van der Waals surface area contributed by atoms with Crippen LogP contribution in [-0.4, -0.2) is 16.0 Å². The largest absolute Gasteiger partial charge is 0.388 e. The van der Waals surface area contributed by atoms with E-state index in [-0.39, 0.29) is 0 Å². The van der Waals surface area contributed by atoms with Gasteiger partial charge < -0.3 is 11.1 Å². The minimum Gasteiger partial charge on any atom is -0.388 e. The smallest absolute Gasteiger partial charge is 0.122 e. The van der Waals surface area contributed by atoms with Gasteiger partial charge in [-0.3, -0.25) is 4.98 Å². The number of thiocarbonyl (C=S) groups is 1. The molecule has 0 aliphatic heterocycles. The quantitative estimate of drug-likeness (QED) is 0.833. The SMILES string of the molecule is CC1(C)CC(Nc2ccnc(C(N)=S)c2)CC(C)(C)C1. The van der Waals surface area contributed by atoms with Crippen LogP contribution in [0.3, 0.4) is 0 Å². The molecule has 3 N–H and O–H groups in total. The van der Waals surface area contributed by atoms with Gasteiger partial charge in [-0.2, -0.15) is 0 Å². The fourth-order valence-corrected chi connectivity index (χ4v) is 3.95. The fraction of sp³-hybridized carbons (Fsp3) is 0.625. The zero-order chi connectivity index (χ0) is 15.0. The summed E-state index contributed by atoms with van der Waals surface area (Å²) in [4.78, 5) is 4.53. The maximum absolute atomic E-state index is 5.64. The minimum absolute atomic E-state index is 0.345. The Hall–Kier alpha value is -1.16. The number of hydrogen-bond acceptors (Lipinski definition) is 3. The normalized spacial score (nSPS) is 21.4. The van der Waals surface area contributed by atoms with Crippen LogP contribution in [0, 0.1) is 10.8 Å². The summed E-state index contributed by atoms with van der Waals surface area (Å²) in [5.74, 6) is 0. The molecule has 4 heteroatoms. The second kappa shape index (κ2) is 5.32. The highest BCUT2D eigenvalue weighted by atomic mass is 32.1. The summed E-state index contributed by atoms with van der Waals surface area (Å²) in [5.41, 5.74) is 8.13. The van der Waals surface area contributed by atoms with Crippen LogP contribution in [0.15, 0.2) is 18.3 Å². The second-order valence-corrected chi connectivity index (χ2v) is 7.99. The summed E-state index contributed by atoms with van der Waals surface area (Å²) < 4.78 is 0. The summed E-state index contributed by atoms with van der Waals surface area (Å²) in [6.07, 6.45) is 5.39. The summed E-state index contributed by atoms with van der Waals surface area (Å²) in [5, 5.41) is 3.63. The molecule has 0 amide bonds. The predicted molar refractivity (Wildman–Crippen MR) is 88.9 cm³/mol. The first-order valence-electron chi connectivity index (χ1n) is 7.19. The highest BCUT2D eigenvalue weighted by Gasteiger charge is 2.38. The number of hydrogen-bond donors (Lipinski definition) is 2. The number of anilines is 1. The van der Waals surface area contributed by atoms with E-state index in [9.17, 15) is 0 Å². The molecular weight excluding hydrogens is 266 g/mol. The van der Waals surface area contributed by atoms with Gasteiger partial charge in [0.25, 0.3) is 0 Å². The van der Waals surface area contributed by atoms with E-state index >= 15 is 0 Å². The van der Waals surface area contributed by atoms with Gasteiger partial charge in [-0.05, 0) is 42.2 Å². The van der Waals surface area contributed by atoms with Crippen molar-refractivity contribution in [2.75, 3.05) is 5.32 Å². The summed E-state index contributed by atoms with van der Waals surface area (Å²) in [6.45, 7) is 9.43. The number of rotatable bonds is 3. The molecule has 0 unspecified atom stereocenters. The van der Waals surface area contributed by atoms with Crippen molar-refractivity contribution in [2.45, 2.75) is 53.0 Å². The zero-order valence-electron chi connectivity index (χ0n) is 12.9. The Morgan fingerprint density at radius 2 is 1.90 bits per heavy atom. The van der Waals surface area contributed by atoms with E-state index < -0.39 is 0 Å². The molecule has 0 spiro atoms. The minimum atomic E-state index is 0.345. The maximum atomic E-state index is 5.64. The van der Waals surface area contributed by atoms with Crippen molar-refractivity contribution < 1.29 is 0 Å².